The lowest BCUT2D eigenvalue weighted by atomic mass is 10.2. The zero-order chi connectivity index (χ0) is 17.4. The Kier molecular flexibility index (Phi) is 3.61. The van der Waals surface area contributed by atoms with Gasteiger partial charge in [-0.15, -0.1) is 10.2 Å². The molecule has 1 aromatic carbocycles. The monoisotopic (exact) mass is 333 g/mol. The largest absolute Gasteiger partial charge is 0.462 e. The van der Waals surface area contributed by atoms with Crippen molar-refractivity contribution < 1.29 is 9.53 Å². The van der Waals surface area contributed by atoms with Crippen LogP contribution < -0.4 is 0 Å². The number of hydrogen-bond donors (Lipinski definition) is 0. The highest BCUT2D eigenvalue weighted by atomic mass is 16.5. The maximum atomic E-state index is 12.1. The van der Waals surface area contributed by atoms with Crippen LogP contribution in [0.5, 0.6) is 0 Å². The van der Waals surface area contributed by atoms with Gasteiger partial charge in [-0.05, 0) is 44.2 Å². The van der Waals surface area contributed by atoms with Gasteiger partial charge in [-0.1, -0.05) is 0 Å². The molecule has 0 unspecified atom stereocenters. The van der Waals surface area contributed by atoms with Crippen LogP contribution in [0.4, 0.5) is 0 Å². The number of nitrogens with zero attached hydrogens (tertiary/aromatic N) is 5. The lowest BCUT2D eigenvalue weighted by Gasteiger charge is -2.08. The maximum Gasteiger partial charge on any atom is 0.338 e. The first-order valence-electron chi connectivity index (χ1n) is 7.92. The van der Waals surface area contributed by atoms with Gasteiger partial charge in [0.2, 0.25) is 0 Å². The van der Waals surface area contributed by atoms with E-state index in [1.165, 1.54) is 0 Å². The van der Waals surface area contributed by atoms with E-state index in [4.69, 9.17) is 4.74 Å². The molecule has 0 aliphatic rings. The first-order chi connectivity index (χ1) is 12.2. The Labute approximate surface area is 143 Å². The molecule has 3 heterocycles. The number of rotatable bonds is 3. The molecule has 4 rings (SSSR count). The van der Waals surface area contributed by atoms with Gasteiger partial charge in [0.1, 0.15) is 0 Å². The summed E-state index contributed by atoms with van der Waals surface area (Å²) in [5.74, 6) is 0.286. The van der Waals surface area contributed by atoms with Gasteiger partial charge < -0.3 is 4.74 Å². The smallest absolute Gasteiger partial charge is 0.338 e. The molecule has 0 N–H and O–H groups in total. The van der Waals surface area contributed by atoms with Crippen molar-refractivity contribution in [1.29, 1.82) is 0 Å². The zero-order valence-electron chi connectivity index (χ0n) is 13.8. The summed E-state index contributed by atoms with van der Waals surface area (Å²) in [6, 6.07) is 9.04. The fourth-order valence-corrected chi connectivity index (χ4v) is 2.80. The van der Waals surface area contributed by atoms with E-state index >= 15 is 0 Å². The SMILES string of the molecule is CCOC(=O)c1ccc2nc(C)c3nnc(-c4cccnc4)n3c2c1. The molecule has 0 aliphatic heterocycles. The molecule has 4 aromatic rings. The highest BCUT2D eigenvalue weighted by molar-refractivity contribution is 5.94. The fourth-order valence-electron chi connectivity index (χ4n) is 2.80. The summed E-state index contributed by atoms with van der Waals surface area (Å²) in [4.78, 5) is 20.8. The fraction of sp³-hybridized carbons (Fsp3) is 0.167. The molecule has 0 bridgehead atoms. The van der Waals surface area contributed by atoms with Gasteiger partial charge in [-0.3, -0.25) is 9.38 Å². The minimum Gasteiger partial charge on any atom is -0.462 e. The van der Waals surface area contributed by atoms with E-state index in [1.54, 1.807) is 37.5 Å². The number of ether oxygens (including phenoxy) is 1. The second-order valence-electron chi connectivity index (χ2n) is 5.55. The number of fused-ring (bicyclic) bond motifs is 3. The molecule has 0 radical (unpaired) electrons. The predicted octanol–water partition coefficient (Wildman–Crippen LogP) is 2.82. The predicted molar refractivity (Wildman–Crippen MR) is 92.2 cm³/mol. The van der Waals surface area contributed by atoms with Gasteiger partial charge >= 0.3 is 5.97 Å². The summed E-state index contributed by atoms with van der Waals surface area (Å²) in [6.45, 7) is 3.99. The number of hydrogen-bond acceptors (Lipinski definition) is 6. The summed E-state index contributed by atoms with van der Waals surface area (Å²) in [5, 5.41) is 8.57. The van der Waals surface area contributed by atoms with Crippen molar-refractivity contribution in [3.8, 4) is 11.4 Å². The van der Waals surface area contributed by atoms with Gasteiger partial charge in [-0.2, -0.15) is 0 Å². The number of carbonyl (C=O) groups excluding carboxylic acids is 1. The van der Waals surface area contributed by atoms with Gasteiger partial charge in [0, 0.05) is 18.0 Å². The van der Waals surface area contributed by atoms with Crippen LogP contribution in [0.2, 0.25) is 0 Å². The lowest BCUT2D eigenvalue weighted by molar-refractivity contribution is 0.0526. The Morgan fingerprint density at radius 1 is 1.24 bits per heavy atom. The van der Waals surface area contributed by atoms with Crippen LogP contribution in [-0.4, -0.2) is 37.1 Å². The number of carbonyl (C=O) groups is 1. The molecule has 0 amide bonds. The second-order valence-corrected chi connectivity index (χ2v) is 5.55. The van der Waals surface area contributed by atoms with E-state index in [9.17, 15) is 4.79 Å². The van der Waals surface area contributed by atoms with E-state index in [0.29, 0.717) is 23.6 Å². The van der Waals surface area contributed by atoms with Crippen LogP contribution in [0.3, 0.4) is 0 Å². The van der Waals surface area contributed by atoms with Crippen molar-refractivity contribution in [2.75, 3.05) is 6.61 Å². The first kappa shape index (κ1) is 15.2. The number of pyridine rings is 1. The van der Waals surface area contributed by atoms with Crippen molar-refractivity contribution in [1.82, 2.24) is 24.6 Å². The lowest BCUT2D eigenvalue weighted by Crippen LogP contribution is -2.06. The maximum absolute atomic E-state index is 12.1. The summed E-state index contributed by atoms with van der Waals surface area (Å²) in [6.07, 6.45) is 3.43. The Morgan fingerprint density at radius 3 is 2.88 bits per heavy atom. The Morgan fingerprint density at radius 2 is 2.12 bits per heavy atom. The molecule has 0 aliphatic carbocycles. The van der Waals surface area contributed by atoms with Gasteiger partial charge in [0.15, 0.2) is 11.5 Å². The number of benzene rings is 1. The topological polar surface area (TPSA) is 82.3 Å². The van der Waals surface area contributed by atoms with Crippen molar-refractivity contribution in [2.45, 2.75) is 13.8 Å². The quantitative estimate of drug-likeness (QED) is 0.536. The van der Waals surface area contributed by atoms with Crippen LogP contribution in [0.1, 0.15) is 23.0 Å². The Balaban J connectivity index is 2.04. The van der Waals surface area contributed by atoms with Crippen LogP contribution in [0, 0.1) is 6.92 Å². The molecule has 0 atom stereocenters. The van der Waals surface area contributed by atoms with Gasteiger partial charge in [0.25, 0.3) is 0 Å². The third kappa shape index (κ3) is 2.50. The molecule has 7 nitrogen and oxygen atoms in total. The molecule has 25 heavy (non-hydrogen) atoms. The van der Waals surface area contributed by atoms with Crippen molar-refractivity contribution in [3.05, 3.63) is 54.0 Å². The second kappa shape index (κ2) is 5.94. The van der Waals surface area contributed by atoms with Gasteiger partial charge in [0.05, 0.1) is 28.9 Å². The van der Waals surface area contributed by atoms with Crippen LogP contribution >= 0.6 is 0 Å². The van der Waals surface area contributed by atoms with E-state index in [1.807, 2.05) is 23.5 Å². The molecule has 124 valence electrons. The van der Waals surface area contributed by atoms with Crippen molar-refractivity contribution >= 4 is 22.6 Å². The van der Waals surface area contributed by atoms with Crippen LogP contribution in [0.15, 0.2) is 42.7 Å². The highest BCUT2D eigenvalue weighted by Crippen LogP contribution is 2.24. The van der Waals surface area contributed by atoms with E-state index in [-0.39, 0.29) is 5.97 Å². The van der Waals surface area contributed by atoms with E-state index in [2.05, 4.69) is 20.2 Å². The minimum absolute atomic E-state index is 0.325. The third-order valence-electron chi connectivity index (χ3n) is 3.92. The van der Waals surface area contributed by atoms with Crippen molar-refractivity contribution in [3.63, 3.8) is 0 Å². The standard InChI is InChI=1S/C18H15N5O2/c1-3-25-18(24)12-6-7-14-15(9-12)23-16(11(2)20-14)21-22-17(23)13-5-4-8-19-10-13/h4-10H,3H2,1-2H3. The number of aromatic nitrogens is 5. The van der Waals surface area contributed by atoms with E-state index in [0.717, 1.165) is 22.3 Å². The Hall–Kier alpha value is -3.35. The minimum atomic E-state index is -0.367. The molecule has 7 heteroatoms. The summed E-state index contributed by atoms with van der Waals surface area (Å²) < 4.78 is 7.00. The molecular formula is C18H15N5O2. The molecule has 0 spiro atoms. The first-order valence-corrected chi connectivity index (χ1v) is 7.92. The third-order valence-corrected chi connectivity index (χ3v) is 3.92. The molecular weight excluding hydrogens is 318 g/mol. The summed E-state index contributed by atoms with van der Waals surface area (Å²) in [5.41, 5.74) is 4.21. The number of aryl methyl sites for hydroxylation is 1. The number of esters is 1. The van der Waals surface area contributed by atoms with Gasteiger partial charge in [-0.25, -0.2) is 9.78 Å². The molecule has 0 saturated heterocycles. The Bertz CT molecular complexity index is 1090. The average molecular weight is 333 g/mol. The average Bonchev–Trinajstić information content (AvgIpc) is 3.08. The molecule has 0 saturated carbocycles. The molecule has 3 aromatic heterocycles. The van der Waals surface area contributed by atoms with Crippen LogP contribution in [0.25, 0.3) is 28.1 Å². The summed E-state index contributed by atoms with van der Waals surface area (Å²) in [7, 11) is 0. The molecule has 0 fully saturated rings. The van der Waals surface area contributed by atoms with Crippen molar-refractivity contribution in [2.24, 2.45) is 0 Å². The normalized spacial score (nSPS) is 11.1. The van der Waals surface area contributed by atoms with E-state index < -0.39 is 0 Å². The highest BCUT2D eigenvalue weighted by Gasteiger charge is 2.16. The summed E-state index contributed by atoms with van der Waals surface area (Å²) >= 11 is 0. The van der Waals surface area contributed by atoms with Crippen LogP contribution in [-0.2, 0) is 4.74 Å². The zero-order valence-corrected chi connectivity index (χ0v) is 13.8.